The lowest BCUT2D eigenvalue weighted by Crippen LogP contribution is -2.09. The van der Waals surface area contributed by atoms with Crippen LogP contribution >= 0.6 is 12.4 Å². The quantitative estimate of drug-likeness (QED) is 0.805. The molecule has 0 aliphatic carbocycles. The second-order valence-corrected chi connectivity index (χ2v) is 3.38. The average Bonchev–Trinajstić information content (AvgIpc) is 2.71. The number of aromatic nitrogens is 4. The van der Waals surface area contributed by atoms with Gasteiger partial charge in [0.1, 0.15) is 5.69 Å². The first kappa shape index (κ1) is 13.9. The van der Waals surface area contributed by atoms with Gasteiger partial charge in [0.2, 0.25) is 0 Å². The van der Waals surface area contributed by atoms with E-state index in [9.17, 15) is 4.79 Å². The number of esters is 1. The molecule has 0 aromatic carbocycles. The van der Waals surface area contributed by atoms with Crippen molar-refractivity contribution in [1.82, 2.24) is 20.0 Å². The smallest absolute Gasteiger partial charge is 0.358 e. The maximum atomic E-state index is 11.6. The molecule has 8 heteroatoms. The molecule has 0 atom stereocenters. The first-order valence-corrected chi connectivity index (χ1v) is 4.83. The van der Waals surface area contributed by atoms with Crippen molar-refractivity contribution in [2.24, 2.45) is 7.05 Å². The van der Waals surface area contributed by atoms with E-state index in [4.69, 9.17) is 5.73 Å². The van der Waals surface area contributed by atoms with Crippen molar-refractivity contribution < 1.29 is 9.53 Å². The molecular weight excluding hydrogens is 258 g/mol. The van der Waals surface area contributed by atoms with E-state index in [0.29, 0.717) is 17.1 Å². The molecule has 0 spiro atoms. The molecule has 2 heterocycles. The third-order valence-electron chi connectivity index (χ3n) is 2.23. The molecule has 2 rings (SSSR count). The lowest BCUT2D eigenvalue weighted by molar-refractivity contribution is 0.0589. The van der Waals surface area contributed by atoms with Crippen molar-refractivity contribution in [3.8, 4) is 11.4 Å². The second-order valence-electron chi connectivity index (χ2n) is 3.38. The number of halogens is 1. The Hall–Kier alpha value is -2.15. The normalized spacial score (nSPS) is 9.67. The fraction of sp³-hybridized carbons (Fsp3) is 0.200. The van der Waals surface area contributed by atoms with E-state index < -0.39 is 5.97 Å². The van der Waals surface area contributed by atoms with Gasteiger partial charge in [0, 0.05) is 7.05 Å². The minimum absolute atomic E-state index is 0. The van der Waals surface area contributed by atoms with Gasteiger partial charge in [-0.3, -0.25) is 4.98 Å². The Balaban J connectivity index is 0.00000162. The molecular formula is C10H12ClN5O2. The van der Waals surface area contributed by atoms with Gasteiger partial charge in [-0.15, -0.1) is 17.5 Å². The number of hydrogen-bond donors (Lipinski definition) is 1. The van der Waals surface area contributed by atoms with Crippen LogP contribution in [0.3, 0.4) is 0 Å². The summed E-state index contributed by atoms with van der Waals surface area (Å²) in [6.07, 6.45) is 1.49. The topological polar surface area (TPSA) is 95.9 Å². The van der Waals surface area contributed by atoms with Gasteiger partial charge in [-0.05, 0) is 12.1 Å². The number of carbonyl (C=O) groups excluding carboxylic acids is 1. The predicted molar refractivity (Wildman–Crippen MR) is 67.2 cm³/mol. The summed E-state index contributed by atoms with van der Waals surface area (Å²) in [4.78, 5) is 15.7. The summed E-state index contributed by atoms with van der Waals surface area (Å²) in [5.74, 6) is -0.508. The van der Waals surface area contributed by atoms with Crippen LogP contribution in [0.5, 0.6) is 0 Å². The molecule has 0 amide bonds. The number of nitrogen functional groups attached to an aromatic ring is 1. The van der Waals surface area contributed by atoms with Crippen LogP contribution in [0.1, 0.15) is 10.5 Å². The Morgan fingerprint density at radius 3 is 2.72 bits per heavy atom. The number of methoxy groups -OCH3 is 1. The zero-order chi connectivity index (χ0) is 12.4. The van der Waals surface area contributed by atoms with Gasteiger partial charge in [0.05, 0.1) is 24.7 Å². The number of pyridine rings is 1. The first-order chi connectivity index (χ1) is 8.13. The van der Waals surface area contributed by atoms with Crippen LogP contribution in [-0.2, 0) is 11.8 Å². The minimum atomic E-state index is -0.508. The van der Waals surface area contributed by atoms with Gasteiger partial charge in [-0.1, -0.05) is 5.21 Å². The molecule has 18 heavy (non-hydrogen) atoms. The molecule has 0 bridgehead atoms. The van der Waals surface area contributed by atoms with Crippen LogP contribution in [0.2, 0.25) is 0 Å². The summed E-state index contributed by atoms with van der Waals surface area (Å²) in [5, 5.41) is 7.67. The number of nitrogens with zero attached hydrogens (tertiary/aromatic N) is 4. The molecule has 0 fully saturated rings. The number of anilines is 1. The Kier molecular flexibility index (Phi) is 4.22. The van der Waals surface area contributed by atoms with Crippen LogP contribution in [0.15, 0.2) is 18.3 Å². The molecule has 0 aliphatic rings. The second kappa shape index (κ2) is 5.46. The van der Waals surface area contributed by atoms with E-state index >= 15 is 0 Å². The fourth-order valence-corrected chi connectivity index (χ4v) is 1.40. The van der Waals surface area contributed by atoms with Crippen LogP contribution in [0.4, 0.5) is 5.69 Å². The number of rotatable bonds is 2. The largest absolute Gasteiger partial charge is 0.464 e. The number of aryl methyl sites for hydroxylation is 1. The molecule has 2 N–H and O–H groups in total. The van der Waals surface area contributed by atoms with Crippen LogP contribution in [0.25, 0.3) is 11.4 Å². The molecule has 96 valence electrons. The Morgan fingerprint density at radius 1 is 1.44 bits per heavy atom. The zero-order valence-corrected chi connectivity index (χ0v) is 10.6. The number of hydrogen-bond acceptors (Lipinski definition) is 6. The predicted octanol–water partition coefficient (Wildman–Crippen LogP) is 0.668. The lowest BCUT2D eigenvalue weighted by atomic mass is 10.2. The van der Waals surface area contributed by atoms with E-state index in [1.165, 1.54) is 18.0 Å². The molecule has 2 aromatic rings. The highest BCUT2D eigenvalue weighted by Gasteiger charge is 2.21. The van der Waals surface area contributed by atoms with Gasteiger partial charge in [0.15, 0.2) is 5.69 Å². The summed E-state index contributed by atoms with van der Waals surface area (Å²) >= 11 is 0. The molecule has 0 saturated heterocycles. The monoisotopic (exact) mass is 269 g/mol. The van der Waals surface area contributed by atoms with Crippen molar-refractivity contribution in [3.63, 3.8) is 0 Å². The van der Waals surface area contributed by atoms with Gasteiger partial charge in [-0.2, -0.15) is 0 Å². The summed E-state index contributed by atoms with van der Waals surface area (Å²) in [5.41, 5.74) is 7.23. The maximum absolute atomic E-state index is 11.6. The van der Waals surface area contributed by atoms with Crippen molar-refractivity contribution in [1.29, 1.82) is 0 Å². The summed E-state index contributed by atoms with van der Waals surface area (Å²) in [6.45, 7) is 0. The highest BCUT2D eigenvalue weighted by Crippen LogP contribution is 2.19. The highest BCUT2D eigenvalue weighted by molar-refractivity contribution is 5.93. The van der Waals surface area contributed by atoms with E-state index in [1.807, 2.05) is 0 Å². The fourth-order valence-electron chi connectivity index (χ4n) is 1.40. The zero-order valence-electron chi connectivity index (χ0n) is 9.82. The van der Waals surface area contributed by atoms with Crippen LogP contribution < -0.4 is 5.73 Å². The molecule has 2 aromatic heterocycles. The van der Waals surface area contributed by atoms with Crippen LogP contribution in [-0.4, -0.2) is 33.1 Å². The minimum Gasteiger partial charge on any atom is -0.464 e. The third-order valence-corrected chi connectivity index (χ3v) is 2.23. The van der Waals surface area contributed by atoms with E-state index in [-0.39, 0.29) is 18.1 Å². The molecule has 0 saturated carbocycles. The molecule has 0 aliphatic heterocycles. The summed E-state index contributed by atoms with van der Waals surface area (Å²) < 4.78 is 6.02. The van der Waals surface area contributed by atoms with Crippen molar-refractivity contribution in [3.05, 3.63) is 24.0 Å². The highest BCUT2D eigenvalue weighted by atomic mass is 35.5. The molecule has 0 radical (unpaired) electrons. The lowest BCUT2D eigenvalue weighted by Gasteiger charge is -2.01. The summed E-state index contributed by atoms with van der Waals surface area (Å²) in [7, 11) is 2.91. The first-order valence-electron chi connectivity index (χ1n) is 4.83. The molecule has 0 unspecified atom stereocenters. The van der Waals surface area contributed by atoms with Crippen molar-refractivity contribution in [2.75, 3.05) is 12.8 Å². The van der Waals surface area contributed by atoms with Gasteiger partial charge < -0.3 is 10.5 Å². The Bertz CT molecular complexity index is 552. The van der Waals surface area contributed by atoms with Gasteiger partial charge in [0.25, 0.3) is 0 Å². The number of carbonyl (C=O) groups is 1. The van der Waals surface area contributed by atoms with E-state index in [1.54, 1.807) is 19.2 Å². The van der Waals surface area contributed by atoms with E-state index in [2.05, 4.69) is 20.0 Å². The van der Waals surface area contributed by atoms with Crippen molar-refractivity contribution >= 4 is 24.1 Å². The Labute approximate surface area is 109 Å². The van der Waals surface area contributed by atoms with Gasteiger partial charge >= 0.3 is 5.97 Å². The SMILES string of the molecule is COC(=O)c1c(-c2ccc(N)cn2)nnn1C.Cl. The molecule has 7 nitrogen and oxygen atoms in total. The standard InChI is InChI=1S/C10H11N5O2.ClH/c1-15-9(10(16)17-2)8(13-14-15)7-4-3-6(11)5-12-7;/h3-5H,11H2,1-2H3;1H. The maximum Gasteiger partial charge on any atom is 0.358 e. The summed E-state index contributed by atoms with van der Waals surface area (Å²) in [6, 6.07) is 3.35. The van der Waals surface area contributed by atoms with E-state index in [0.717, 1.165) is 0 Å². The number of nitrogens with two attached hydrogens (primary N) is 1. The van der Waals surface area contributed by atoms with Gasteiger partial charge in [-0.25, -0.2) is 9.48 Å². The third kappa shape index (κ3) is 2.40. The van der Waals surface area contributed by atoms with Crippen LogP contribution in [0, 0.1) is 0 Å². The van der Waals surface area contributed by atoms with Crippen molar-refractivity contribution in [2.45, 2.75) is 0 Å². The number of ether oxygens (including phenoxy) is 1. The Morgan fingerprint density at radius 2 is 2.17 bits per heavy atom. The average molecular weight is 270 g/mol.